The van der Waals surface area contributed by atoms with Crippen LogP contribution in [0.5, 0.6) is 0 Å². The van der Waals surface area contributed by atoms with E-state index < -0.39 is 33.4 Å². The molecule has 0 radical (unpaired) electrons. The number of carbonyl (C=O) groups excluding carboxylic acids is 3. The van der Waals surface area contributed by atoms with E-state index in [9.17, 15) is 22.8 Å². The fourth-order valence-electron chi connectivity index (χ4n) is 2.00. The van der Waals surface area contributed by atoms with Crippen molar-refractivity contribution in [3.63, 3.8) is 0 Å². The number of hydroxylamine groups is 2. The van der Waals surface area contributed by atoms with Gasteiger partial charge in [0.2, 0.25) is 5.76 Å². The van der Waals surface area contributed by atoms with Crippen LogP contribution in [0.25, 0.3) is 0 Å². The first-order valence-corrected chi connectivity index (χ1v) is 8.17. The van der Waals surface area contributed by atoms with Gasteiger partial charge in [-0.15, -0.1) is 0 Å². The molecule has 0 spiro atoms. The second-order valence-electron chi connectivity index (χ2n) is 4.75. The number of fused-ring (bicyclic) bond motifs is 1. The number of amides is 2. The van der Waals surface area contributed by atoms with Crippen molar-refractivity contribution in [1.82, 2.24) is 5.06 Å². The number of imide groups is 1. The van der Waals surface area contributed by atoms with Gasteiger partial charge < -0.3 is 9.25 Å². The number of sulfone groups is 1. The normalized spacial score (nSPS) is 14.0. The summed E-state index contributed by atoms with van der Waals surface area (Å²) in [7, 11) is -3.56. The molecule has 0 atom stereocenters. The van der Waals surface area contributed by atoms with Crippen molar-refractivity contribution < 1.29 is 32.1 Å². The van der Waals surface area contributed by atoms with Gasteiger partial charge in [-0.3, -0.25) is 9.59 Å². The molecule has 0 bridgehead atoms. The first-order valence-electron chi connectivity index (χ1n) is 6.28. The van der Waals surface area contributed by atoms with Crippen LogP contribution >= 0.6 is 0 Å². The molecule has 2 amide bonds. The number of hydrogen-bond donors (Lipinski definition) is 0. The second-order valence-corrected chi connectivity index (χ2v) is 6.76. The van der Waals surface area contributed by atoms with Crippen molar-refractivity contribution in [2.75, 3.05) is 6.26 Å². The minimum Gasteiger partial charge on any atom is -0.456 e. The fraction of sp³-hybridized carbons (Fsp3) is 0.0714. The van der Waals surface area contributed by atoms with Crippen molar-refractivity contribution in [3.05, 3.63) is 53.5 Å². The van der Waals surface area contributed by atoms with Crippen LogP contribution < -0.4 is 0 Å². The molecule has 0 aliphatic carbocycles. The molecule has 0 fully saturated rings. The predicted octanol–water partition coefficient (Wildman–Crippen LogP) is 1.05. The van der Waals surface area contributed by atoms with Gasteiger partial charge in [0.05, 0.1) is 11.1 Å². The van der Waals surface area contributed by atoms with E-state index in [0.717, 1.165) is 18.6 Å². The standard InChI is InChI=1S/C14H9NO7S/c1-23(19,20)8-6-11(21-7-8)14(18)22-15-12(16)9-4-2-3-5-10(9)13(15)17/h2-7H,1H3. The van der Waals surface area contributed by atoms with Crippen LogP contribution in [0.15, 0.2) is 45.9 Å². The average Bonchev–Trinajstić information content (AvgIpc) is 3.08. The predicted molar refractivity (Wildman–Crippen MR) is 74.2 cm³/mol. The molecule has 1 aliphatic heterocycles. The molecule has 2 aromatic rings. The number of furan rings is 1. The molecule has 0 unspecified atom stereocenters. The van der Waals surface area contributed by atoms with E-state index in [1.807, 2.05) is 0 Å². The van der Waals surface area contributed by atoms with Crippen LogP contribution in [-0.2, 0) is 14.7 Å². The van der Waals surface area contributed by atoms with E-state index >= 15 is 0 Å². The quantitative estimate of drug-likeness (QED) is 0.771. The lowest BCUT2D eigenvalue weighted by Crippen LogP contribution is -2.32. The zero-order chi connectivity index (χ0) is 16.8. The third-order valence-electron chi connectivity index (χ3n) is 3.14. The maximum atomic E-state index is 12.0. The summed E-state index contributed by atoms with van der Waals surface area (Å²) in [6, 6.07) is 6.95. The largest absolute Gasteiger partial charge is 0.456 e. The van der Waals surface area contributed by atoms with Gasteiger partial charge >= 0.3 is 5.97 Å². The molecule has 23 heavy (non-hydrogen) atoms. The minimum atomic E-state index is -3.56. The van der Waals surface area contributed by atoms with Gasteiger partial charge in [-0.1, -0.05) is 17.2 Å². The summed E-state index contributed by atoms with van der Waals surface area (Å²) in [5.74, 6) is -3.17. The molecule has 1 aliphatic rings. The van der Waals surface area contributed by atoms with E-state index in [0.29, 0.717) is 5.06 Å². The SMILES string of the molecule is CS(=O)(=O)c1coc(C(=O)ON2C(=O)c3ccccc3C2=O)c1. The molecule has 1 aromatic heterocycles. The maximum absolute atomic E-state index is 12.0. The molecule has 9 heteroatoms. The number of carbonyl (C=O) groups is 3. The molecule has 2 heterocycles. The number of rotatable bonds is 3. The Labute approximate surface area is 130 Å². The summed E-state index contributed by atoms with van der Waals surface area (Å²) < 4.78 is 27.5. The summed E-state index contributed by atoms with van der Waals surface area (Å²) in [4.78, 5) is 40.5. The summed E-state index contributed by atoms with van der Waals surface area (Å²) >= 11 is 0. The third kappa shape index (κ3) is 2.50. The Bertz CT molecular complexity index is 907. The van der Waals surface area contributed by atoms with Crippen molar-refractivity contribution in [2.45, 2.75) is 4.90 Å². The Morgan fingerprint density at radius 1 is 1.13 bits per heavy atom. The Balaban J connectivity index is 1.83. The first-order chi connectivity index (χ1) is 10.8. The van der Waals surface area contributed by atoms with Gasteiger partial charge in [-0.2, -0.15) is 0 Å². The van der Waals surface area contributed by atoms with Crippen molar-refractivity contribution in [3.8, 4) is 0 Å². The Hall–Kier alpha value is -2.94. The Morgan fingerprint density at radius 2 is 1.70 bits per heavy atom. The van der Waals surface area contributed by atoms with Crippen molar-refractivity contribution in [1.29, 1.82) is 0 Å². The smallest absolute Gasteiger partial charge is 0.399 e. The van der Waals surface area contributed by atoms with Gasteiger partial charge in [0.15, 0.2) is 9.84 Å². The highest BCUT2D eigenvalue weighted by atomic mass is 32.2. The topological polar surface area (TPSA) is 111 Å². The monoisotopic (exact) mass is 335 g/mol. The van der Waals surface area contributed by atoms with Crippen LogP contribution in [0.2, 0.25) is 0 Å². The van der Waals surface area contributed by atoms with Crippen molar-refractivity contribution in [2.24, 2.45) is 0 Å². The molecular formula is C14H9NO7S. The van der Waals surface area contributed by atoms with E-state index in [4.69, 9.17) is 9.25 Å². The highest BCUT2D eigenvalue weighted by molar-refractivity contribution is 7.90. The van der Waals surface area contributed by atoms with E-state index in [-0.39, 0.29) is 16.0 Å². The van der Waals surface area contributed by atoms with Crippen molar-refractivity contribution >= 4 is 27.6 Å². The molecule has 8 nitrogen and oxygen atoms in total. The average molecular weight is 335 g/mol. The summed E-state index contributed by atoms with van der Waals surface area (Å²) in [5.41, 5.74) is 0.225. The Morgan fingerprint density at radius 3 is 2.17 bits per heavy atom. The number of hydrogen-bond acceptors (Lipinski definition) is 7. The summed E-state index contributed by atoms with van der Waals surface area (Å²) in [5, 5.41) is 0.315. The zero-order valence-corrected chi connectivity index (χ0v) is 12.5. The summed E-state index contributed by atoms with van der Waals surface area (Å²) in [6.07, 6.45) is 1.81. The molecule has 118 valence electrons. The molecule has 1 aromatic carbocycles. The van der Waals surface area contributed by atoms with Crippen LogP contribution in [0.1, 0.15) is 31.3 Å². The molecule has 0 saturated carbocycles. The summed E-state index contributed by atoms with van der Waals surface area (Å²) in [6.45, 7) is 0. The molecule has 3 rings (SSSR count). The lowest BCUT2D eigenvalue weighted by molar-refractivity contribution is -0.0603. The van der Waals surface area contributed by atoms with Crippen LogP contribution in [0, 0.1) is 0 Å². The van der Waals surface area contributed by atoms with E-state index in [1.54, 1.807) is 12.1 Å². The Kier molecular flexibility index (Phi) is 3.29. The molecule has 0 saturated heterocycles. The number of benzene rings is 1. The second kappa shape index (κ2) is 5.06. The van der Waals surface area contributed by atoms with Gasteiger partial charge in [-0.05, 0) is 12.1 Å². The highest BCUT2D eigenvalue weighted by Gasteiger charge is 2.39. The van der Waals surface area contributed by atoms with Crippen LogP contribution in [0.4, 0.5) is 0 Å². The lowest BCUT2D eigenvalue weighted by atomic mass is 10.1. The zero-order valence-electron chi connectivity index (χ0n) is 11.7. The number of nitrogens with zero attached hydrogens (tertiary/aromatic N) is 1. The third-order valence-corrected chi connectivity index (χ3v) is 4.21. The molecule has 0 N–H and O–H groups in total. The first kappa shape index (κ1) is 15.0. The minimum absolute atomic E-state index is 0.113. The van der Waals surface area contributed by atoms with Gasteiger partial charge in [-0.25, -0.2) is 13.2 Å². The highest BCUT2D eigenvalue weighted by Crippen LogP contribution is 2.24. The van der Waals surface area contributed by atoms with Gasteiger partial charge in [0.25, 0.3) is 11.8 Å². The van der Waals surface area contributed by atoms with Gasteiger partial charge in [0.1, 0.15) is 11.2 Å². The van der Waals surface area contributed by atoms with Crippen LogP contribution in [0.3, 0.4) is 0 Å². The van der Waals surface area contributed by atoms with E-state index in [1.165, 1.54) is 12.1 Å². The lowest BCUT2D eigenvalue weighted by Gasteiger charge is -2.11. The molecular weight excluding hydrogens is 326 g/mol. The van der Waals surface area contributed by atoms with Gasteiger partial charge in [0, 0.05) is 12.3 Å². The maximum Gasteiger partial charge on any atom is 0.399 e. The fourth-order valence-corrected chi connectivity index (χ4v) is 2.54. The van der Waals surface area contributed by atoms with E-state index in [2.05, 4.69) is 0 Å². The van der Waals surface area contributed by atoms with Crippen LogP contribution in [-0.4, -0.2) is 37.5 Å².